The number of rotatable bonds is 7. The maximum Gasteiger partial charge on any atom is 0.224 e. The molecule has 0 unspecified atom stereocenters. The van der Waals surface area contributed by atoms with Crippen molar-refractivity contribution >= 4 is 17.7 Å². The van der Waals surface area contributed by atoms with Crippen molar-refractivity contribution in [3.8, 4) is 11.5 Å². The van der Waals surface area contributed by atoms with Crippen LogP contribution in [0.4, 0.5) is 11.8 Å². The number of ether oxygens (including phenoxy) is 2. The summed E-state index contributed by atoms with van der Waals surface area (Å²) in [7, 11) is 3.27. The van der Waals surface area contributed by atoms with E-state index >= 15 is 0 Å². The van der Waals surface area contributed by atoms with Gasteiger partial charge in [-0.2, -0.15) is 4.98 Å². The summed E-state index contributed by atoms with van der Waals surface area (Å²) in [6.45, 7) is 7.29. The average Bonchev–Trinajstić information content (AvgIpc) is 2.73. The molecule has 3 rings (SSSR count). The Kier molecular flexibility index (Phi) is 6.74. The van der Waals surface area contributed by atoms with E-state index in [-0.39, 0.29) is 5.91 Å². The SMILES string of the molecule is COc1ccc(CCNc2nc(C)cc(N3CCN(C(C)=O)CC3)n2)cc1OC. The third kappa shape index (κ3) is 5.28. The van der Waals surface area contributed by atoms with Crippen molar-refractivity contribution in [3.05, 3.63) is 35.5 Å². The van der Waals surface area contributed by atoms with Gasteiger partial charge in [0.2, 0.25) is 11.9 Å². The molecule has 0 saturated carbocycles. The number of anilines is 2. The molecular formula is C21H29N5O3. The van der Waals surface area contributed by atoms with E-state index in [9.17, 15) is 4.79 Å². The van der Waals surface area contributed by atoms with Crippen LogP contribution in [0.15, 0.2) is 24.3 Å². The number of carbonyl (C=O) groups excluding carboxylic acids is 1. The van der Waals surface area contributed by atoms with Gasteiger partial charge in [-0.15, -0.1) is 0 Å². The number of aromatic nitrogens is 2. The normalized spacial score (nSPS) is 13.9. The van der Waals surface area contributed by atoms with Crippen LogP contribution in [0.1, 0.15) is 18.2 Å². The first-order valence-electron chi connectivity index (χ1n) is 9.81. The maximum atomic E-state index is 11.5. The maximum absolute atomic E-state index is 11.5. The van der Waals surface area contributed by atoms with Crippen LogP contribution in [0.2, 0.25) is 0 Å². The fourth-order valence-corrected chi connectivity index (χ4v) is 3.40. The number of carbonyl (C=O) groups is 1. The summed E-state index contributed by atoms with van der Waals surface area (Å²) >= 11 is 0. The molecule has 1 fully saturated rings. The van der Waals surface area contributed by atoms with Gasteiger partial charge in [-0.25, -0.2) is 4.98 Å². The molecule has 8 heteroatoms. The lowest BCUT2D eigenvalue weighted by molar-refractivity contribution is -0.129. The van der Waals surface area contributed by atoms with E-state index < -0.39 is 0 Å². The molecule has 0 aliphatic carbocycles. The first kappa shape index (κ1) is 20.7. The van der Waals surface area contributed by atoms with Crippen LogP contribution < -0.4 is 19.7 Å². The minimum absolute atomic E-state index is 0.126. The number of hydrogen-bond donors (Lipinski definition) is 1. The van der Waals surface area contributed by atoms with Crippen molar-refractivity contribution in [1.29, 1.82) is 0 Å². The minimum Gasteiger partial charge on any atom is -0.493 e. The summed E-state index contributed by atoms with van der Waals surface area (Å²) in [5.74, 6) is 3.09. The molecule has 8 nitrogen and oxygen atoms in total. The van der Waals surface area contributed by atoms with Crippen molar-refractivity contribution in [2.45, 2.75) is 20.3 Å². The first-order chi connectivity index (χ1) is 14.0. The quantitative estimate of drug-likeness (QED) is 0.764. The van der Waals surface area contributed by atoms with Crippen LogP contribution >= 0.6 is 0 Å². The Morgan fingerprint density at radius 2 is 1.79 bits per heavy atom. The second-order valence-corrected chi connectivity index (χ2v) is 7.05. The van der Waals surface area contributed by atoms with Crippen molar-refractivity contribution in [2.24, 2.45) is 0 Å². The summed E-state index contributed by atoms with van der Waals surface area (Å²) in [5, 5.41) is 3.32. The number of amides is 1. The molecule has 0 atom stereocenters. The fourth-order valence-electron chi connectivity index (χ4n) is 3.40. The van der Waals surface area contributed by atoms with E-state index in [4.69, 9.17) is 9.47 Å². The van der Waals surface area contributed by atoms with Crippen molar-refractivity contribution < 1.29 is 14.3 Å². The summed E-state index contributed by atoms with van der Waals surface area (Å²) < 4.78 is 10.6. The second kappa shape index (κ2) is 9.45. The molecule has 0 bridgehead atoms. The van der Waals surface area contributed by atoms with Gasteiger partial charge < -0.3 is 24.6 Å². The zero-order chi connectivity index (χ0) is 20.8. The smallest absolute Gasteiger partial charge is 0.224 e. The monoisotopic (exact) mass is 399 g/mol. The van der Waals surface area contributed by atoms with Gasteiger partial charge in [-0.1, -0.05) is 6.07 Å². The highest BCUT2D eigenvalue weighted by atomic mass is 16.5. The van der Waals surface area contributed by atoms with Crippen LogP contribution in [-0.2, 0) is 11.2 Å². The molecule has 1 aromatic carbocycles. The standard InChI is InChI=1S/C21H29N5O3/c1-15-13-20(26-11-9-25(10-12-26)16(2)27)24-21(23-15)22-8-7-17-5-6-18(28-3)19(14-17)29-4/h5-6,13-14H,7-12H2,1-4H3,(H,22,23,24). The van der Waals surface area contributed by atoms with Crippen LogP contribution in [0, 0.1) is 6.92 Å². The number of piperazine rings is 1. The molecule has 1 saturated heterocycles. The van der Waals surface area contributed by atoms with E-state index in [1.807, 2.05) is 36.1 Å². The lowest BCUT2D eigenvalue weighted by Crippen LogP contribution is -2.48. The molecule has 2 aromatic rings. The van der Waals surface area contributed by atoms with Gasteiger partial charge in [0.05, 0.1) is 14.2 Å². The molecule has 1 aliphatic heterocycles. The van der Waals surface area contributed by atoms with E-state index in [0.717, 1.165) is 61.2 Å². The largest absolute Gasteiger partial charge is 0.493 e. The van der Waals surface area contributed by atoms with E-state index in [2.05, 4.69) is 20.2 Å². The molecular weight excluding hydrogens is 370 g/mol. The van der Waals surface area contributed by atoms with Crippen molar-refractivity contribution in [1.82, 2.24) is 14.9 Å². The predicted molar refractivity (Wildman–Crippen MR) is 113 cm³/mol. The van der Waals surface area contributed by atoms with Crippen molar-refractivity contribution in [3.63, 3.8) is 0 Å². The summed E-state index contributed by atoms with van der Waals surface area (Å²) in [4.78, 5) is 24.8. The van der Waals surface area contributed by atoms with E-state index in [1.165, 1.54) is 0 Å². The van der Waals surface area contributed by atoms with Gasteiger partial charge >= 0.3 is 0 Å². The molecule has 1 amide bonds. The topological polar surface area (TPSA) is 79.8 Å². The number of nitrogens with zero attached hydrogens (tertiary/aromatic N) is 4. The average molecular weight is 399 g/mol. The van der Waals surface area contributed by atoms with Crippen molar-refractivity contribution in [2.75, 3.05) is 57.2 Å². The van der Waals surface area contributed by atoms with Gasteiger partial charge in [-0.05, 0) is 31.0 Å². The van der Waals surface area contributed by atoms with Gasteiger partial charge in [0.1, 0.15) is 5.82 Å². The third-order valence-corrected chi connectivity index (χ3v) is 5.03. The highest BCUT2D eigenvalue weighted by molar-refractivity contribution is 5.73. The number of methoxy groups -OCH3 is 2. The van der Waals surface area contributed by atoms with Gasteiger partial charge in [0.25, 0.3) is 0 Å². The second-order valence-electron chi connectivity index (χ2n) is 7.05. The number of benzene rings is 1. The summed E-state index contributed by atoms with van der Waals surface area (Å²) in [5.41, 5.74) is 2.06. The third-order valence-electron chi connectivity index (χ3n) is 5.03. The molecule has 156 valence electrons. The Labute approximate surface area is 171 Å². The van der Waals surface area contributed by atoms with Gasteiger partial charge in [-0.3, -0.25) is 4.79 Å². The Bertz CT molecular complexity index is 850. The molecule has 1 aromatic heterocycles. The lowest BCUT2D eigenvalue weighted by atomic mass is 10.1. The van der Waals surface area contributed by atoms with E-state index in [0.29, 0.717) is 12.5 Å². The van der Waals surface area contributed by atoms with Gasteiger partial charge in [0, 0.05) is 51.4 Å². The minimum atomic E-state index is 0.126. The molecule has 0 radical (unpaired) electrons. The number of aryl methyl sites for hydroxylation is 1. The fraction of sp³-hybridized carbons (Fsp3) is 0.476. The van der Waals surface area contributed by atoms with Crippen LogP contribution in [0.25, 0.3) is 0 Å². The molecule has 1 N–H and O–H groups in total. The molecule has 0 spiro atoms. The van der Waals surface area contributed by atoms with Crippen LogP contribution in [0.3, 0.4) is 0 Å². The lowest BCUT2D eigenvalue weighted by Gasteiger charge is -2.35. The van der Waals surface area contributed by atoms with Crippen LogP contribution in [0.5, 0.6) is 11.5 Å². The highest BCUT2D eigenvalue weighted by Crippen LogP contribution is 2.27. The molecule has 1 aliphatic rings. The number of nitrogens with one attached hydrogen (secondary N) is 1. The summed E-state index contributed by atoms with van der Waals surface area (Å²) in [6, 6.07) is 7.91. The molecule has 2 heterocycles. The zero-order valence-corrected chi connectivity index (χ0v) is 17.6. The zero-order valence-electron chi connectivity index (χ0n) is 17.6. The van der Waals surface area contributed by atoms with E-state index in [1.54, 1.807) is 21.1 Å². The Balaban J connectivity index is 1.60. The number of hydrogen-bond acceptors (Lipinski definition) is 7. The summed E-state index contributed by atoms with van der Waals surface area (Å²) in [6.07, 6.45) is 0.810. The highest BCUT2D eigenvalue weighted by Gasteiger charge is 2.20. The Hall–Kier alpha value is -3.03. The molecule has 29 heavy (non-hydrogen) atoms. The Morgan fingerprint density at radius 1 is 1.07 bits per heavy atom. The van der Waals surface area contributed by atoms with Crippen LogP contribution in [-0.4, -0.2) is 67.7 Å². The Morgan fingerprint density at radius 3 is 2.45 bits per heavy atom. The first-order valence-corrected chi connectivity index (χ1v) is 9.81. The predicted octanol–water partition coefficient (Wildman–Crippen LogP) is 2.13. The van der Waals surface area contributed by atoms with Gasteiger partial charge in [0.15, 0.2) is 11.5 Å².